The number of thiophene rings is 1. The lowest BCUT2D eigenvalue weighted by Gasteiger charge is -2.26. The van der Waals surface area contributed by atoms with Crippen LogP contribution in [-0.4, -0.2) is 57.3 Å². The number of nitrogens with zero attached hydrogens (tertiary/aromatic N) is 2. The fourth-order valence-corrected chi connectivity index (χ4v) is 3.15. The molecule has 2 heterocycles. The quantitative estimate of drug-likeness (QED) is 0.614. The second kappa shape index (κ2) is 9.02. The Balaban J connectivity index is 1.65. The summed E-state index contributed by atoms with van der Waals surface area (Å²) in [6.07, 6.45) is 1.11. The largest absolute Gasteiger partial charge is 0.379 e. The maximum absolute atomic E-state index is 5.35. The number of aryl methyl sites for hydroxylation is 1. The lowest BCUT2D eigenvalue weighted by molar-refractivity contribution is 0.0389. The smallest absolute Gasteiger partial charge is 0.191 e. The van der Waals surface area contributed by atoms with Crippen molar-refractivity contribution in [1.82, 2.24) is 15.5 Å². The van der Waals surface area contributed by atoms with E-state index in [-0.39, 0.29) is 0 Å². The normalized spacial score (nSPS) is 17.0. The topological polar surface area (TPSA) is 48.9 Å². The summed E-state index contributed by atoms with van der Waals surface area (Å²) < 4.78 is 5.35. The van der Waals surface area contributed by atoms with Crippen molar-refractivity contribution in [3.63, 3.8) is 0 Å². The van der Waals surface area contributed by atoms with E-state index in [0.29, 0.717) is 0 Å². The molecule has 0 spiro atoms. The van der Waals surface area contributed by atoms with Gasteiger partial charge in [0, 0.05) is 43.0 Å². The number of guanidine groups is 1. The third-order valence-electron chi connectivity index (χ3n) is 3.54. The van der Waals surface area contributed by atoms with Gasteiger partial charge in [-0.2, -0.15) is 0 Å². The minimum atomic E-state index is 0.835. The van der Waals surface area contributed by atoms with Gasteiger partial charge in [-0.05, 0) is 18.6 Å². The molecule has 1 aromatic heterocycles. The van der Waals surface area contributed by atoms with Crippen LogP contribution >= 0.6 is 11.3 Å². The number of hydrogen-bond acceptors (Lipinski definition) is 4. The molecule has 0 aromatic carbocycles. The van der Waals surface area contributed by atoms with Gasteiger partial charge in [0.2, 0.25) is 0 Å². The predicted molar refractivity (Wildman–Crippen MR) is 89.2 cm³/mol. The molecule has 1 aliphatic rings. The molecule has 0 unspecified atom stereocenters. The molecule has 1 saturated heterocycles. The Morgan fingerprint density at radius 1 is 1.29 bits per heavy atom. The third kappa shape index (κ3) is 5.65. The van der Waals surface area contributed by atoms with Gasteiger partial charge < -0.3 is 15.4 Å². The molecule has 6 heteroatoms. The highest BCUT2D eigenvalue weighted by Gasteiger charge is 2.09. The molecule has 5 nitrogen and oxygen atoms in total. The third-order valence-corrected chi connectivity index (χ3v) is 4.77. The average Bonchev–Trinajstić information content (AvgIpc) is 3.00. The Morgan fingerprint density at radius 3 is 2.71 bits per heavy atom. The summed E-state index contributed by atoms with van der Waals surface area (Å²) in [4.78, 5) is 9.46. The van der Waals surface area contributed by atoms with Crippen molar-refractivity contribution in [3.8, 4) is 0 Å². The van der Waals surface area contributed by atoms with Gasteiger partial charge in [-0.1, -0.05) is 6.92 Å². The van der Waals surface area contributed by atoms with Gasteiger partial charge >= 0.3 is 0 Å². The zero-order valence-corrected chi connectivity index (χ0v) is 13.8. The molecule has 1 aromatic rings. The van der Waals surface area contributed by atoms with Crippen molar-refractivity contribution >= 4 is 17.3 Å². The fraction of sp³-hybridized carbons (Fsp3) is 0.667. The molecule has 0 aliphatic carbocycles. The van der Waals surface area contributed by atoms with Crippen LogP contribution in [0.15, 0.2) is 17.1 Å². The maximum atomic E-state index is 5.35. The van der Waals surface area contributed by atoms with Crippen molar-refractivity contribution in [2.24, 2.45) is 4.99 Å². The van der Waals surface area contributed by atoms with Crippen LogP contribution in [0.1, 0.15) is 16.7 Å². The summed E-state index contributed by atoms with van der Waals surface area (Å²) in [7, 11) is 1.82. The van der Waals surface area contributed by atoms with E-state index in [9.17, 15) is 0 Å². The van der Waals surface area contributed by atoms with Gasteiger partial charge in [-0.3, -0.25) is 9.89 Å². The van der Waals surface area contributed by atoms with Crippen LogP contribution in [0.2, 0.25) is 0 Å². The zero-order chi connectivity index (χ0) is 14.9. The summed E-state index contributed by atoms with van der Waals surface area (Å²) >= 11 is 1.86. The average molecular weight is 310 g/mol. The highest BCUT2D eigenvalue weighted by molar-refractivity contribution is 7.11. The van der Waals surface area contributed by atoms with E-state index in [1.807, 2.05) is 18.4 Å². The van der Waals surface area contributed by atoms with Gasteiger partial charge in [0.15, 0.2) is 5.96 Å². The van der Waals surface area contributed by atoms with E-state index in [1.54, 1.807) is 0 Å². The summed E-state index contributed by atoms with van der Waals surface area (Å²) in [6, 6.07) is 4.40. The summed E-state index contributed by atoms with van der Waals surface area (Å²) in [5, 5.41) is 6.74. The first-order valence-corrected chi connectivity index (χ1v) is 8.45. The van der Waals surface area contributed by atoms with Crippen molar-refractivity contribution in [1.29, 1.82) is 0 Å². The minimum absolute atomic E-state index is 0.835. The second-order valence-corrected chi connectivity index (χ2v) is 6.28. The van der Waals surface area contributed by atoms with E-state index in [1.165, 1.54) is 9.75 Å². The number of nitrogens with one attached hydrogen (secondary N) is 2. The Morgan fingerprint density at radius 2 is 2.05 bits per heavy atom. The maximum Gasteiger partial charge on any atom is 0.191 e. The Kier molecular flexibility index (Phi) is 6.99. The first-order valence-electron chi connectivity index (χ1n) is 7.64. The molecule has 1 aliphatic heterocycles. The molecular weight excluding hydrogens is 284 g/mol. The van der Waals surface area contributed by atoms with Crippen LogP contribution in [0, 0.1) is 0 Å². The summed E-state index contributed by atoms with van der Waals surface area (Å²) in [5.41, 5.74) is 0. The molecule has 2 N–H and O–H groups in total. The number of ether oxygens (including phenoxy) is 1. The summed E-state index contributed by atoms with van der Waals surface area (Å²) in [6.45, 7) is 8.73. The van der Waals surface area contributed by atoms with Gasteiger partial charge in [0.05, 0.1) is 19.8 Å². The first kappa shape index (κ1) is 16.3. The van der Waals surface area contributed by atoms with E-state index < -0.39 is 0 Å². The lowest BCUT2D eigenvalue weighted by Crippen LogP contribution is -2.44. The molecule has 0 saturated carbocycles. The number of morpholine rings is 1. The van der Waals surface area contributed by atoms with Crippen LogP contribution in [0.5, 0.6) is 0 Å². The zero-order valence-electron chi connectivity index (χ0n) is 13.0. The fourth-order valence-electron chi connectivity index (χ4n) is 2.26. The van der Waals surface area contributed by atoms with Crippen molar-refractivity contribution in [2.75, 3.05) is 46.4 Å². The van der Waals surface area contributed by atoms with E-state index in [0.717, 1.165) is 58.3 Å². The second-order valence-electron chi connectivity index (χ2n) is 5.03. The van der Waals surface area contributed by atoms with Gasteiger partial charge in [0.1, 0.15) is 0 Å². The standard InChI is InChI=1S/C15H26N4OS/c1-3-13-4-5-14(21-13)12-18-15(16-2)17-6-7-19-8-10-20-11-9-19/h4-5H,3,6-12H2,1-2H3,(H2,16,17,18). The number of aliphatic imine (C=N–C) groups is 1. The lowest BCUT2D eigenvalue weighted by atomic mass is 10.3. The van der Waals surface area contributed by atoms with E-state index >= 15 is 0 Å². The van der Waals surface area contributed by atoms with Crippen LogP contribution < -0.4 is 10.6 Å². The molecule has 0 bridgehead atoms. The molecule has 118 valence electrons. The predicted octanol–water partition coefficient (Wildman–Crippen LogP) is 1.31. The molecule has 0 amide bonds. The van der Waals surface area contributed by atoms with Crippen LogP contribution in [0.25, 0.3) is 0 Å². The first-order chi connectivity index (χ1) is 10.3. The van der Waals surface area contributed by atoms with Crippen LogP contribution in [0.3, 0.4) is 0 Å². The van der Waals surface area contributed by atoms with Gasteiger partial charge in [0.25, 0.3) is 0 Å². The minimum Gasteiger partial charge on any atom is -0.379 e. The summed E-state index contributed by atoms with van der Waals surface area (Å²) in [5.74, 6) is 0.870. The van der Waals surface area contributed by atoms with E-state index in [2.05, 4.69) is 39.6 Å². The molecule has 1 fully saturated rings. The number of hydrogen-bond donors (Lipinski definition) is 2. The van der Waals surface area contributed by atoms with Gasteiger partial charge in [-0.15, -0.1) is 11.3 Å². The van der Waals surface area contributed by atoms with Crippen molar-refractivity contribution < 1.29 is 4.74 Å². The molecule has 0 radical (unpaired) electrons. The Hall–Kier alpha value is -1.11. The van der Waals surface area contributed by atoms with E-state index in [4.69, 9.17) is 4.74 Å². The van der Waals surface area contributed by atoms with Crippen molar-refractivity contribution in [2.45, 2.75) is 19.9 Å². The molecule has 2 rings (SSSR count). The van der Waals surface area contributed by atoms with Gasteiger partial charge in [-0.25, -0.2) is 0 Å². The van der Waals surface area contributed by atoms with Crippen LogP contribution in [-0.2, 0) is 17.7 Å². The van der Waals surface area contributed by atoms with Crippen LogP contribution in [0.4, 0.5) is 0 Å². The number of rotatable bonds is 6. The molecule has 21 heavy (non-hydrogen) atoms. The van der Waals surface area contributed by atoms with Crippen molar-refractivity contribution in [3.05, 3.63) is 21.9 Å². The molecule has 0 atom stereocenters. The monoisotopic (exact) mass is 310 g/mol. The Bertz CT molecular complexity index is 441. The Labute approximate surface area is 131 Å². The highest BCUT2D eigenvalue weighted by Crippen LogP contribution is 2.16. The highest BCUT2D eigenvalue weighted by atomic mass is 32.1. The SMILES string of the molecule is CCc1ccc(CNC(=NC)NCCN2CCOCC2)s1. The molecular formula is C15H26N4OS.